The normalized spacial score (nSPS) is 16.2. The molecule has 2 N–H and O–H groups in total. The van der Waals surface area contributed by atoms with Gasteiger partial charge in [-0.25, -0.2) is 4.79 Å². The Labute approximate surface area is 185 Å². The summed E-state index contributed by atoms with van der Waals surface area (Å²) in [5.74, 6) is 0.168. The Bertz CT molecular complexity index is 893. The number of rotatable bonds is 6. The molecule has 1 heterocycles. The van der Waals surface area contributed by atoms with Gasteiger partial charge in [0.05, 0.1) is 0 Å². The van der Waals surface area contributed by atoms with E-state index in [1.165, 1.54) is 0 Å². The Balaban J connectivity index is 1.61. The fourth-order valence-corrected chi connectivity index (χ4v) is 3.90. The van der Waals surface area contributed by atoms with Crippen LogP contribution in [0.4, 0.5) is 10.5 Å². The van der Waals surface area contributed by atoms with Crippen LogP contribution < -0.4 is 15.5 Å². The van der Waals surface area contributed by atoms with Crippen LogP contribution in [0.3, 0.4) is 0 Å². The quantitative estimate of drug-likeness (QED) is 0.740. The molecule has 1 aliphatic heterocycles. The van der Waals surface area contributed by atoms with Gasteiger partial charge in [0.15, 0.2) is 0 Å². The van der Waals surface area contributed by atoms with Crippen LogP contribution >= 0.6 is 0 Å². The van der Waals surface area contributed by atoms with E-state index >= 15 is 0 Å². The summed E-state index contributed by atoms with van der Waals surface area (Å²) in [7, 11) is 4.01. The van der Waals surface area contributed by atoms with Crippen LogP contribution in [0.25, 0.3) is 0 Å². The topological polar surface area (TPSA) is 64.7 Å². The summed E-state index contributed by atoms with van der Waals surface area (Å²) >= 11 is 0. The number of amides is 3. The standard InChI is InChI=1S/C25H34N4O2/c1-18(2)27-25(31)29-14-6-9-22(17-29)20-7-5-8-21(15-20)24(30)26-16-19-10-12-23(13-11-19)28(3)4/h5,7-8,10-13,15,18,22H,6,9,14,16-17H2,1-4H3,(H,26,30)(H,27,31). The van der Waals surface area contributed by atoms with Gasteiger partial charge in [-0.15, -0.1) is 0 Å². The number of hydrogen-bond acceptors (Lipinski definition) is 3. The minimum Gasteiger partial charge on any atom is -0.378 e. The smallest absolute Gasteiger partial charge is 0.317 e. The summed E-state index contributed by atoms with van der Waals surface area (Å²) < 4.78 is 0. The average Bonchev–Trinajstić information content (AvgIpc) is 2.77. The fraction of sp³-hybridized carbons (Fsp3) is 0.440. The zero-order valence-corrected chi connectivity index (χ0v) is 19.0. The van der Waals surface area contributed by atoms with Crippen molar-refractivity contribution in [2.45, 2.75) is 45.2 Å². The summed E-state index contributed by atoms with van der Waals surface area (Å²) in [5, 5.41) is 5.99. The average molecular weight is 423 g/mol. The number of nitrogens with zero attached hydrogens (tertiary/aromatic N) is 2. The highest BCUT2D eigenvalue weighted by Gasteiger charge is 2.25. The van der Waals surface area contributed by atoms with Gasteiger partial charge in [0.1, 0.15) is 0 Å². The molecule has 1 aliphatic rings. The molecule has 6 nitrogen and oxygen atoms in total. The number of urea groups is 1. The summed E-state index contributed by atoms with van der Waals surface area (Å²) in [6.07, 6.45) is 1.99. The van der Waals surface area contributed by atoms with E-state index < -0.39 is 0 Å². The van der Waals surface area contributed by atoms with Crippen molar-refractivity contribution in [1.82, 2.24) is 15.5 Å². The van der Waals surface area contributed by atoms with E-state index in [0.717, 1.165) is 36.2 Å². The van der Waals surface area contributed by atoms with Crippen molar-refractivity contribution in [2.24, 2.45) is 0 Å². The molecule has 3 rings (SSSR count). The minimum absolute atomic E-state index is 0.00566. The fourth-order valence-electron chi connectivity index (χ4n) is 3.90. The van der Waals surface area contributed by atoms with Crippen molar-refractivity contribution in [3.8, 4) is 0 Å². The highest BCUT2D eigenvalue weighted by Crippen LogP contribution is 2.27. The number of nitrogens with one attached hydrogen (secondary N) is 2. The predicted octanol–water partition coefficient (Wildman–Crippen LogP) is 3.98. The van der Waals surface area contributed by atoms with Crippen LogP contribution in [-0.2, 0) is 6.54 Å². The maximum absolute atomic E-state index is 12.7. The lowest BCUT2D eigenvalue weighted by molar-refractivity contribution is 0.0950. The second kappa shape index (κ2) is 10.3. The maximum atomic E-state index is 12.7. The highest BCUT2D eigenvalue weighted by atomic mass is 16.2. The molecular formula is C25H34N4O2. The first-order valence-electron chi connectivity index (χ1n) is 11.0. The predicted molar refractivity (Wildman–Crippen MR) is 126 cm³/mol. The SMILES string of the molecule is CC(C)NC(=O)N1CCCC(c2cccc(C(=O)NCc3ccc(N(C)C)cc3)c2)C1. The maximum Gasteiger partial charge on any atom is 0.317 e. The lowest BCUT2D eigenvalue weighted by Gasteiger charge is -2.33. The molecule has 1 atom stereocenters. The van der Waals surface area contributed by atoms with Gasteiger partial charge in [-0.3, -0.25) is 4.79 Å². The van der Waals surface area contributed by atoms with Crippen LogP contribution in [0.5, 0.6) is 0 Å². The first-order valence-corrected chi connectivity index (χ1v) is 11.0. The van der Waals surface area contributed by atoms with Crippen molar-refractivity contribution in [2.75, 3.05) is 32.1 Å². The Morgan fingerprint density at radius 1 is 1.13 bits per heavy atom. The molecule has 1 fully saturated rings. The van der Waals surface area contributed by atoms with Crippen molar-refractivity contribution < 1.29 is 9.59 Å². The molecule has 3 amide bonds. The molecule has 0 aromatic heterocycles. The van der Waals surface area contributed by atoms with Gasteiger partial charge in [0.2, 0.25) is 0 Å². The first kappa shape index (κ1) is 22.7. The summed E-state index contributed by atoms with van der Waals surface area (Å²) in [6, 6.07) is 16.1. The molecule has 0 spiro atoms. The Morgan fingerprint density at radius 2 is 1.87 bits per heavy atom. The first-order chi connectivity index (χ1) is 14.8. The van der Waals surface area contributed by atoms with Crippen LogP contribution in [0.1, 0.15) is 54.1 Å². The van der Waals surface area contributed by atoms with E-state index in [1.54, 1.807) is 0 Å². The van der Waals surface area contributed by atoms with E-state index in [2.05, 4.69) is 16.7 Å². The number of hydrogen-bond donors (Lipinski definition) is 2. The number of carbonyl (C=O) groups is 2. The van der Waals surface area contributed by atoms with E-state index in [9.17, 15) is 9.59 Å². The third kappa shape index (κ3) is 6.23. The second-order valence-electron chi connectivity index (χ2n) is 8.76. The van der Waals surface area contributed by atoms with Crippen molar-refractivity contribution in [3.05, 3.63) is 65.2 Å². The number of carbonyl (C=O) groups excluding carboxylic acids is 2. The molecular weight excluding hydrogens is 388 g/mol. The molecule has 0 bridgehead atoms. The second-order valence-corrected chi connectivity index (χ2v) is 8.76. The van der Waals surface area contributed by atoms with Gasteiger partial charge in [-0.2, -0.15) is 0 Å². The largest absolute Gasteiger partial charge is 0.378 e. The van der Waals surface area contributed by atoms with Gasteiger partial charge >= 0.3 is 6.03 Å². The van der Waals surface area contributed by atoms with Crippen molar-refractivity contribution in [3.63, 3.8) is 0 Å². The monoisotopic (exact) mass is 422 g/mol. The summed E-state index contributed by atoms with van der Waals surface area (Å²) in [4.78, 5) is 29.1. The van der Waals surface area contributed by atoms with Crippen LogP contribution in [0, 0.1) is 0 Å². The van der Waals surface area contributed by atoms with Gasteiger partial charge in [-0.1, -0.05) is 24.3 Å². The molecule has 31 heavy (non-hydrogen) atoms. The number of piperidine rings is 1. The number of likely N-dealkylation sites (tertiary alicyclic amines) is 1. The molecule has 1 unspecified atom stereocenters. The molecule has 2 aromatic carbocycles. The zero-order valence-electron chi connectivity index (χ0n) is 19.0. The minimum atomic E-state index is -0.0799. The van der Waals surface area contributed by atoms with Gasteiger partial charge in [-0.05, 0) is 62.1 Å². The molecule has 166 valence electrons. The molecule has 6 heteroatoms. The van der Waals surface area contributed by atoms with Gasteiger partial charge < -0.3 is 20.4 Å². The van der Waals surface area contributed by atoms with Crippen LogP contribution in [-0.4, -0.2) is 50.1 Å². The third-order valence-electron chi connectivity index (χ3n) is 5.65. The lowest BCUT2D eigenvalue weighted by Crippen LogP contribution is -2.47. The van der Waals surface area contributed by atoms with E-state index in [0.29, 0.717) is 18.7 Å². The molecule has 0 saturated carbocycles. The molecule has 0 radical (unpaired) electrons. The third-order valence-corrected chi connectivity index (χ3v) is 5.65. The van der Waals surface area contributed by atoms with Crippen molar-refractivity contribution >= 4 is 17.6 Å². The van der Waals surface area contributed by atoms with Gasteiger partial charge in [0.25, 0.3) is 5.91 Å². The van der Waals surface area contributed by atoms with E-state index in [4.69, 9.17) is 0 Å². The van der Waals surface area contributed by atoms with E-state index in [-0.39, 0.29) is 23.9 Å². The Kier molecular flexibility index (Phi) is 7.55. The number of benzene rings is 2. The van der Waals surface area contributed by atoms with E-state index in [1.807, 2.05) is 80.2 Å². The number of anilines is 1. The van der Waals surface area contributed by atoms with Crippen molar-refractivity contribution in [1.29, 1.82) is 0 Å². The van der Waals surface area contributed by atoms with Crippen LogP contribution in [0.2, 0.25) is 0 Å². The summed E-state index contributed by atoms with van der Waals surface area (Å²) in [5.41, 5.74) is 3.97. The Morgan fingerprint density at radius 3 is 2.55 bits per heavy atom. The summed E-state index contributed by atoms with van der Waals surface area (Å²) in [6.45, 7) is 5.89. The van der Waals surface area contributed by atoms with Gasteiger partial charge in [0, 0.05) is 56.9 Å². The molecule has 2 aromatic rings. The zero-order chi connectivity index (χ0) is 22.4. The Hall–Kier alpha value is -3.02. The van der Waals surface area contributed by atoms with Crippen LogP contribution in [0.15, 0.2) is 48.5 Å². The molecule has 1 saturated heterocycles. The molecule has 0 aliphatic carbocycles. The lowest BCUT2D eigenvalue weighted by atomic mass is 9.89. The highest BCUT2D eigenvalue weighted by molar-refractivity contribution is 5.94.